The van der Waals surface area contributed by atoms with E-state index in [1.54, 1.807) is 7.11 Å². The summed E-state index contributed by atoms with van der Waals surface area (Å²) in [5.74, 6) is 2.06. The predicted molar refractivity (Wildman–Crippen MR) is 90.6 cm³/mol. The molecule has 0 aromatic heterocycles. The van der Waals surface area contributed by atoms with E-state index in [9.17, 15) is 4.39 Å². The summed E-state index contributed by atoms with van der Waals surface area (Å²) in [5, 5.41) is 0. The normalized spacial score (nSPS) is 39.1. The number of hydrogen-bond acceptors (Lipinski definition) is 3. The molecule has 4 heteroatoms. The van der Waals surface area contributed by atoms with Gasteiger partial charge in [0, 0.05) is 23.6 Å². The van der Waals surface area contributed by atoms with Crippen molar-refractivity contribution in [3.8, 4) is 11.5 Å². The molecule has 2 bridgehead atoms. The SMILES string of the molecule is C=CCN1CCC23c4c5ccc(OC)c4O[C@@H]2C(F)CCC3[C@@H]1C5. The molecule has 1 aromatic carbocycles. The van der Waals surface area contributed by atoms with Gasteiger partial charge in [-0.15, -0.1) is 6.58 Å². The van der Waals surface area contributed by atoms with E-state index in [4.69, 9.17) is 9.47 Å². The Morgan fingerprint density at radius 1 is 1.46 bits per heavy atom. The zero-order valence-electron chi connectivity index (χ0n) is 14.1. The Hall–Kier alpha value is -1.55. The van der Waals surface area contributed by atoms with Crippen LogP contribution >= 0.6 is 0 Å². The van der Waals surface area contributed by atoms with Crippen LogP contribution in [0.15, 0.2) is 24.8 Å². The fourth-order valence-corrected chi connectivity index (χ4v) is 6.10. The van der Waals surface area contributed by atoms with Gasteiger partial charge in [0.2, 0.25) is 0 Å². The van der Waals surface area contributed by atoms with Crippen molar-refractivity contribution in [3.63, 3.8) is 0 Å². The molecule has 3 nitrogen and oxygen atoms in total. The van der Waals surface area contributed by atoms with Crippen molar-refractivity contribution in [1.82, 2.24) is 4.90 Å². The van der Waals surface area contributed by atoms with Gasteiger partial charge in [0.15, 0.2) is 11.5 Å². The van der Waals surface area contributed by atoms with Crippen LogP contribution in [0.5, 0.6) is 11.5 Å². The zero-order valence-corrected chi connectivity index (χ0v) is 14.1. The monoisotopic (exact) mass is 329 g/mol. The van der Waals surface area contributed by atoms with Gasteiger partial charge in [0.25, 0.3) is 0 Å². The second-order valence-electron chi connectivity index (χ2n) is 7.71. The Balaban J connectivity index is 1.72. The van der Waals surface area contributed by atoms with Crippen LogP contribution in [0.2, 0.25) is 0 Å². The molecule has 2 heterocycles. The summed E-state index contributed by atoms with van der Waals surface area (Å²) in [6.07, 6.45) is 4.35. The number of halogens is 1. The quantitative estimate of drug-likeness (QED) is 0.795. The van der Waals surface area contributed by atoms with Crippen LogP contribution in [0.4, 0.5) is 4.39 Å². The molecule has 2 aliphatic heterocycles. The van der Waals surface area contributed by atoms with Crippen LogP contribution in [-0.2, 0) is 11.8 Å². The maximum atomic E-state index is 14.9. The first-order valence-electron chi connectivity index (χ1n) is 9.06. The maximum absolute atomic E-state index is 14.9. The molecule has 2 fully saturated rings. The minimum absolute atomic E-state index is 0.155. The highest BCUT2D eigenvalue weighted by Crippen LogP contribution is 2.64. The number of piperidine rings is 1. The second-order valence-corrected chi connectivity index (χ2v) is 7.71. The Kier molecular flexibility index (Phi) is 3.06. The number of nitrogens with zero attached hydrogens (tertiary/aromatic N) is 1. The summed E-state index contributed by atoms with van der Waals surface area (Å²) >= 11 is 0. The molecule has 1 saturated heterocycles. The van der Waals surface area contributed by atoms with Gasteiger partial charge in [-0.05, 0) is 49.8 Å². The molecule has 128 valence electrons. The van der Waals surface area contributed by atoms with Crippen LogP contribution in [0.1, 0.15) is 30.4 Å². The van der Waals surface area contributed by atoms with E-state index in [1.165, 1.54) is 11.1 Å². The lowest BCUT2D eigenvalue weighted by Gasteiger charge is -2.58. The van der Waals surface area contributed by atoms with Gasteiger partial charge in [0.1, 0.15) is 12.3 Å². The van der Waals surface area contributed by atoms with Crippen molar-refractivity contribution < 1.29 is 13.9 Å². The van der Waals surface area contributed by atoms with Crippen molar-refractivity contribution in [2.45, 2.75) is 49.4 Å². The smallest absolute Gasteiger partial charge is 0.165 e. The van der Waals surface area contributed by atoms with Crippen LogP contribution < -0.4 is 9.47 Å². The van der Waals surface area contributed by atoms with Crippen molar-refractivity contribution in [1.29, 1.82) is 0 Å². The molecule has 0 amide bonds. The summed E-state index contributed by atoms with van der Waals surface area (Å²) < 4.78 is 26.7. The minimum atomic E-state index is -0.879. The number of likely N-dealkylation sites (tertiary alicyclic amines) is 1. The average Bonchev–Trinajstić information content (AvgIpc) is 2.94. The van der Waals surface area contributed by atoms with E-state index in [-0.39, 0.29) is 11.5 Å². The van der Waals surface area contributed by atoms with E-state index in [1.807, 2.05) is 12.1 Å². The average molecular weight is 329 g/mol. The van der Waals surface area contributed by atoms with Gasteiger partial charge in [-0.25, -0.2) is 4.39 Å². The summed E-state index contributed by atoms with van der Waals surface area (Å²) in [6.45, 7) is 5.84. The standard InChI is InChI=1S/C20H24FNO2/c1-3-9-22-10-8-20-13-5-6-14(21)19(20)24-18-16(23-2)7-4-12(17(18)20)11-15(13)22/h3-4,7,13-15,19H,1,5-6,8-11H2,2H3/t13?,14?,15-,19+,20?/m0/s1. The third-order valence-electron chi connectivity index (χ3n) is 6.93. The molecule has 3 unspecified atom stereocenters. The lowest BCUT2D eigenvalue weighted by Crippen LogP contribution is -2.66. The highest BCUT2D eigenvalue weighted by atomic mass is 19.1. The Labute approximate surface area is 142 Å². The number of methoxy groups -OCH3 is 1. The molecule has 1 aromatic rings. The van der Waals surface area contributed by atoms with E-state index in [0.29, 0.717) is 18.4 Å². The van der Waals surface area contributed by atoms with Gasteiger partial charge in [0.05, 0.1) is 7.11 Å². The summed E-state index contributed by atoms with van der Waals surface area (Å²) in [4.78, 5) is 2.55. The third kappa shape index (κ3) is 1.60. The minimum Gasteiger partial charge on any atom is -0.493 e. The highest BCUT2D eigenvalue weighted by molar-refractivity contribution is 5.61. The number of alkyl halides is 1. The lowest BCUT2D eigenvalue weighted by molar-refractivity contribution is -0.0798. The van der Waals surface area contributed by atoms with Crippen molar-refractivity contribution in [2.24, 2.45) is 5.92 Å². The van der Waals surface area contributed by atoms with Gasteiger partial charge < -0.3 is 9.47 Å². The topological polar surface area (TPSA) is 21.7 Å². The molecule has 0 radical (unpaired) electrons. The summed E-state index contributed by atoms with van der Waals surface area (Å²) in [6, 6.07) is 4.64. The molecule has 0 N–H and O–H groups in total. The van der Waals surface area contributed by atoms with Crippen LogP contribution in [0.25, 0.3) is 0 Å². The van der Waals surface area contributed by atoms with Crippen LogP contribution in [0, 0.1) is 5.92 Å². The number of benzene rings is 1. The second kappa shape index (κ2) is 4.98. The lowest BCUT2D eigenvalue weighted by atomic mass is 9.51. The van der Waals surface area contributed by atoms with Gasteiger partial charge in [-0.3, -0.25) is 4.90 Å². The maximum Gasteiger partial charge on any atom is 0.165 e. The number of ether oxygens (including phenoxy) is 2. The van der Waals surface area contributed by atoms with Crippen molar-refractivity contribution in [2.75, 3.05) is 20.2 Å². The fourth-order valence-electron chi connectivity index (χ4n) is 6.10. The summed E-state index contributed by atoms with van der Waals surface area (Å²) in [7, 11) is 1.67. The molecule has 4 aliphatic rings. The van der Waals surface area contributed by atoms with Crippen LogP contribution in [-0.4, -0.2) is 43.4 Å². The molecule has 5 rings (SSSR count). The van der Waals surface area contributed by atoms with Gasteiger partial charge >= 0.3 is 0 Å². The molecule has 24 heavy (non-hydrogen) atoms. The Morgan fingerprint density at radius 2 is 2.33 bits per heavy atom. The van der Waals surface area contributed by atoms with Gasteiger partial charge in [-0.2, -0.15) is 0 Å². The molecular formula is C20H24FNO2. The molecule has 2 aliphatic carbocycles. The highest BCUT2D eigenvalue weighted by Gasteiger charge is 2.66. The number of rotatable bonds is 3. The number of hydrogen-bond donors (Lipinski definition) is 0. The van der Waals surface area contributed by atoms with Crippen molar-refractivity contribution in [3.05, 3.63) is 35.9 Å². The first-order valence-corrected chi connectivity index (χ1v) is 9.06. The van der Waals surface area contributed by atoms with Crippen molar-refractivity contribution >= 4 is 0 Å². The van der Waals surface area contributed by atoms with E-state index < -0.39 is 6.17 Å². The Morgan fingerprint density at radius 3 is 3.12 bits per heavy atom. The molecule has 5 atom stereocenters. The predicted octanol–water partition coefficient (Wildman–Crippen LogP) is 3.26. The van der Waals surface area contributed by atoms with Gasteiger partial charge in [-0.1, -0.05) is 12.1 Å². The fraction of sp³-hybridized carbons (Fsp3) is 0.600. The molecule has 1 saturated carbocycles. The van der Waals surface area contributed by atoms with E-state index in [2.05, 4.69) is 17.5 Å². The molecular weight excluding hydrogens is 305 g/mol. The zero-order chi connectivity index (χ0) is 16.5. The van der Waals surface area contributed by atoms with E-state index in [0.717, 1.165) is 43.9 Å². The Bertz CT molecular complexity index is 705. The largest absolute Gasteiger partial charge is 0.493 e. The first-order chi connectivity index (χ1) is 11.7. The first kappa shape index (κ1) is 14.8. The van der Waals surface area contributed by atoms with Crippen LogP contribution in [0.3, 0.4) is 0 Å². The third-order valence-corrected chi connectivity index (χ3v) is 6.93. The molecule has 1 spiro atoms. The summed E-state index contributed by atoms with van der Waals surface area (Å²) in [5.41, 5.74) is 2.45. The van der Waals surface area contributed by atoms with E-state index >= 15 is 0 Å².